The summed E-state index contributed by atoms with van der Waals surface area (Å²) in [5, 5.41) is 2.78. The average Bonchev–Trinajstić information content (AvgIpc) is 2.66. The summed E-state index contributed by atoms with van der Waals surface area (Å²) < 4.78 is 1.28. The molecular formula is C20H29N5O3. The van der Waals surface area contributed by atoms with Crippen LogP contribution in [-0.2, 0) is 6.54 Å². The summed E-state index contributed by atoms with van der Waals surface area (Å²) in [6.07, 6.45) is 1.46. The molecule has 0 radical (unpaired) electrons. The minimum absolute atomic E-state index is 0.00443. The van der Waals surface area contributed by atoms with Crippen molar-refractivity contribution in [1.29, 1.82) is 0 Å². The molecular weight excluding hydrogens is 358 g/mol. The molecule has 1 heterocycles. The maximum atomic E-state index is 12.7. The standard InChI is InChI=1S/C20H29N5O3/c1-4-11-22-19(27)24(12-10-14(2)3)16-17(21)25(20(28)23-18(16)26)13-15-8-6-5-7-9-15/h5-9,14H,4,10-13,21H2,1-3H3,(H,22,27)(H,23,26,28). The number of urea groups is 1. The van der Waals surface area contributed by atoms with Crippen molar-refractivity contribution in [2.45, 2.75) is 40.2 Å². The van der Waals surface area contributed by atoms with Gasteiger partial charge in [0.1, 0.15) is 5.82 Å². The monoisotopic (exact) mass is 387 g/mol. The Kier molecular flexibility index (Phi) is 7.43. The lowest BCUT2D eigenvalue weighted by Gasteiger charge is -2.25. The topological polar surface area (TPSA) is 113 Å². The molecule has 2 aromatic rings. The Labute approximate surface area is 164 Å². The first kappa shape index (κ1) is 21.3. The second-order valence-electron chi connectivity index (χ2n) is 7.13. The van der Waals surface area contributed by atoms with E-state index in [4.69, 9.17) is 5.73 Å². The van der Waals surface area contributed by atoms with Crippen LogP contribution in [0.1, 0.15) is 39.2 Å². The Balaban J connectivity index is 2.49. The molecule has 0 fully saturated rings. The van der Waals surface area contributed by atoms with E-state index < -0.39 is 17.3 Å². The van der Waals surface area contributed by atoms with Crippen LogP contribution in [0.25, 0.3) is 0 Å². The Morgan fingerprint density at radius 2 is 1.93 bits per heavy atom. The van der Waals surface area contributed by atoms with Crippen molar-refractivity contribution in [3.63, 3.8) is 0 Å². The number of nitrogens with two attached hydrogens (primary N) is 1. The average molecular weight is 387 g/mol. The molecule has 1 aromatic heterocycles. The van der Waals surface area contributed by atoms with Crippen LogP contribution < -0.4 is 27.2 Å². The van der Waals surface area contributed by atoms with E-state index in [1.165, 1.54) is 9.47 Å². The van der Waals surface area contributed by atoms with Crippen molar-refractivity contribution >= 4 is 17.5 Å². The highest BCUT2D eigenvalue weighted by molar-refractivity contribution is 5.94. The third-order valence-electron chi connectivity index (χ3n) is 4.37. The fourth-order valence-corrected chi connectivity index (χ4v) is 2.79. The summed E-state index contributed by atoms with van der Waals surface area (Å²) in [6.45, 7) is 7.02. The predicted molar refractivity (Wildman–Crippen MR) is 112 cm³/mol. The SMILES string of the molecule is CCCNC(=O)N(CCC(C)C)c1c(N)n(Cc2ccccc2)c(=O)[nH]c1=O. The van der Waals surface area contributed by atoms with Gasteiger partial charge in [0.25, 0.3) is 5.56 Å². The largest absolute Gasteiger partial charge is 0.383 e. The number of nitrogens with one attached hydrogen (secondary N) is 2. The summed E-state index contributed by atoms with van der Waals surface area (Å²) in [5.41, 5.74) is 5.82. The highest BCUT2D eigenvalue weighted by Crippen LogP contribution is 2.19. The Morgan fingerprint density at radius 1 is 1.25 bits per heavy atom. The predicted octanol–water partition coefficient (Wildman–Crippen LogP) is 2.14. The second-order valence-corrected chi connectivity index (χ2v) is 7.13. The molecule has 0 aliphatic heterocycles. The molecule has 152 valence electrons. The van der Waals surface area contributed by atoms with Crippen LogP contribution in [0.5, 0.6) is 0 Å². The minimum atomic E-state index is -0.665. The zero-order valence-electron chi connectivity index (χ0n) is 16.7. The molecule has 0 aliphatic carbocycles. The zero-order valence-corrected chi connectivity index (χ0v) is 16.7. The van der Waals surface area contributed by atoms with Gasteiger partial charge in [0.15, 0.2) is 5.69 Å². The molecule has 0 saturated heterocycles. The van der Waals surface area contributed by atoms with Crippen LogP contribution >= 0.6 is 0 Å². The van der Waals surface area contributed by atoms with Crippen molar-refractivity contribution in [1.82, 2.24) is 14.9 Å². The number of carbonyl (C=O) groups is 1. The summed E-state index contributed by atoms with van der Waals surface area (Å²) in [6, 6.07) is 8.92. The molecule has 2 amide bonds. The van der Waals surface area contributed by atoms with Crippen LogP contribution in [-0.4, -0.2) is 28.7 Å². The highest BCUT2D eigenvalue weighted by atomic mass is 16.2. The van der Waals surface area contributed by atoms with Gasteiger partial charge in [-0.3, -0.25) is 19.2 Å². The first-order valence-corrected chi connectivity index (χ1v) is 9.57. The van der Waals surface area contributed by atoms with E-state index in [9.17, 15) is 14.4 Å². The molecule has 0 aliphatic rings. The van der Waals surface area contributed by atoms with Gasteiger partial charge in [-0.15, -0.1) is 0 Å². The number of nitrogen functional groups attached to an aromatic ring is 1. The molecule has 8 heteroatoms. The van der Waals surface area contributed by atoms with Crippen LogP contribution in [0.4, 0.5) is 16.3 Å². The molecule has 28 heavy (non-hydrogen) atoms. The highest BCUT2D eigenvalue weighted by Gasteiger charge is 2.24. The van der Waals surface area contributed by atoms with E-state index in [2.05, 4.69) is 10.3 Å². The maximum absolute atomic E-state index is 12.7. The summed E-state index contributed by atoms with van der Waals surface area (Å²) >= 11 is 0. The normalized spacial score (nSPS) is 10.9. The van der Waals surface area contributed by atoms with E-state index in [0.29, 0.717) is 25.4 Å². The number of hydrogen-bond donors (Lipinski definition) is 3. The third-order valence-corrected chi connectivity index (χ3v) is 4.37. The minimum Gasteiger partial charge on any atom is -0.383 e. The quantitative estimate of drug-likeness (QED) is 0.644. The lowest BCUT2D eigenvalue weighted by molar-refractivity contribution is 0.246. The number of aromatic amines is 1. The zero-order chi connectivity index (χ0) is 20.7. The first-order chi connectivity index (χ1) is 13.3. The Hall–Kier alpha value is -3.03. The van der Waals surface area contributed by atoms with Crippen molar-refractivity contribution in [2.75, 3.05) is 23.7 Å². The number of benzene rings is 1. The number of anilines is 2. The number of nitrogens with zero attached hydrogens (tertiary/aromatic N) is 2. The third kappa shape index (κ3) is 5.25. The number of amides is 2. The molecule has 8 nitrogen and oxygen atoms in total. The number of carbonyl (C=O) groups excluding carboxylic acids is 1. The summed E-state index contributed by atoms with van der Waals surface area (Å²) in [7, 11) is 0. The molecule has 0 atom stereocenters. The van der Waals surface area contributed by atoms with Crippen molar-refractivity contribution in [3.8, 4) is 0 Å². The maximum Gasteiger partial charge on any atom is 0.330 e. The molecule has 4 N–H and O–H groups in total. The van der Waals surface area contributed by atoms with Crippen LogP contribution in [0.15, 0.2) is 39.9 Å². The van der Waals surface area contributed by atoms with E-state index in [0.717, 1.165) is 12.0 Å². The van der Waals surface area contributed by atoms with Gasteiger partial charge in [-0.2, -0.15) is 0 Å². The lowest BCUT2D eigenvalue weighted by atomic mass is 10.1. The number of hydrogen-bond acceptors (Lipinski definition) is 4. The van der Waals surface area contributed by atoms with Gasteiger partial charge >= 0.3 is 11.7 Å². The van der Waals surface area contributed by atoms with Gasteiger partial charge in [-0.25, -0.2) is 9.59 Å². The molecule has 0 bridgehead atoms. The van der Waals surface area contributed by atoms with Gasteiger partial charge in [0.2, 0.25) is 0 Å². The Morgan fingerprint density at radius 3 is 2.54 bits per heavy atom. The van der Waals surface area contributed by atoms with Crippen LogP contribution in [0.3, 0.4) is 0 Å². The molecule has 0 unspecified atom stereocenters. The second kappa shape index (κ2) is 9.77. The lowest BCUT2D eigenvalue weighted by Crippen LogP contribution is -2.46. The first-order valence-electron chi connectivity index (χ1n) is 9.57. The van der Waals surface area contributed by atoms with Gasteiger partial charge in [-0.05, 0) is 24.3 Å². The smallest absolute Gasteiger partial charge is 0.330 e. The van der Waals surface area contributed by atoms with Gasteiger partial charge in [0, 0.05) is 13.1 Å². The van der Waals surface area contributed by atoms with Gasteiger partial charge in [0.05, 0.1) is 6.54 Å². The number of rotatable bonds is 8. The number of aromatic nitrogens is 2. The van der Waals surface area contributed by atoms with Crippen molar-refractivity contribution < 1.29 is 4.79 Å². The molecule has 0 saturated carbocycles. The van der Waals surface area contributed by atoms with E-state index >= 15 is 0 Å². The summed E-state index contributed by atoms with van der Waals surface area (Å²) in [5.74, 6) is 0.310. The Bertz CT molecular complexity index is 902. The van der Waals surface area contributed by atoms with E-state index in [1.54, 1.807) is 0 Å². The fourth-order valence-electron chi connectivity index (χ4n) is 2.79. The van der Waals surface area contributed by atoms with Crippen molar-refractivity contribution in [2.24, 2.45) is 5.92 Å². The van der Waals surface area contributed by atoms with Crippen LogP contribution in [0.2, 0.25) is 0 Å². The molecule has 0 spiro atoms. The van der Waals surface area contributed by atoms with Crippen molar-refractivity contribution in [3.05, 3.63) is 56.7 Å². The van der Waals surface area contributed by atoms with Gasteiger partial charge < -0.3 is 11.1 Å². The van der Waals surface area contributed by atoms with Gasteiger partial charge in [-0.1, -0.05) is 51.1 Å². The molecule has 2 rings (SSSR count). The van der Waals surface area contributed by atoms with Crippen LogP contribution in [0, 0.1) is 5.92 Å². The van der Waals surface area contributed by atoms with E-state index in [-0.39, 0.29) is 18.1 Å². The summed E-state index contributed by atoms with van der Waals surface area (Å²) in [4.78, 5) is 41.2. The van der Waals surface area contributed by atoms with E-state index in [1.807, 2.05) is 51.1 Å². The number of H-pyrrole nitrogens is 1. The fraction of sp³-hybridized carbons (Fsp3) is 0.450. The molecule has 1 aromatic carbocycles.